The molecular formula is C12H14N2O5. The van der Waals surface area contributed by atoms with Gasteiger partial charge in [-0.2, -0.15) is 0 Å². The number of esters is 1. The van der Waals surface area contributed by atoms with Crippen LogP contribution >= 0.6 is 0 Å². The summed E-state index contributed by atoms with van der Waals surface area (Å²) in [6.07, 6.45) is 1.84. The molecule has 1 N–H and O–H groups in total. The highest BCUT2D eigenvalue weighted by atomic mass is 16.6. The molecule has 0 radical (unpaired) electrons. The van der Waals surface area contributed by atoms with Crippen LogP contribution in [-0.4, -0.2) is 59.8 Å². The molecule has 7 nitrogen and oxygen atoms in total. The molecule has 7 heteroatoms. The molecule has 2 rings (SSSR count). The van der Waals surface area contributed by atoms with Crippen molar-refractivity contribution < 1.29 is 24.2 Å². The Bertz CT molecular complexity index is 491. The van der Waals surface area contributed by atoms with E-state index >= 15 is 0 Å². The number of morpholine rings is 1. The second-order valence-corrected chi connectivity index (χ2v) is 4.03. The summed E-state index contributed by atoms with van der Waals surface area (Å²) < 4.78 is 9.82. The number of hydrogen-bond donors (Lipinski definition) is 1. The molecule has 1 aromatic heterocycles. The highest BCUT2D eigenvalue weighted by molar-refractivity contribution is 5.97. The predicted molar refractivity (Wildman–Crippen MR) is 63.6 cm³/mol. The molecule has 0 aromatic carbocycles. The number of methoxy groups -OCH3 is 1. The third-order valence-corrected chi connectivity index (χ3v) is 2.85. The fourth-order valence-electron chi connectivity index (χ4n) is 1.85. The quantitative estimate of drug-likeness (QED) is 0.746. The summed E-state index contributed by atoms with van der Waals surface area (Å²) in [4.78, 5) is 28.8. The average molecular weight is 266 g/mol. The lowest BCUT2D eigenvalue weighted by atomic mass is 10.2. The lowest BCUT2D eigenvalue weighted by Crippen LogP contribution is -2.48. The first-order valence-corrected chi connectivity index (χ1v) is 5.75. The van der Waals surface area contributed by atoms with Gasteiger partial charge in [-0.15, -0.1) is 0 Å². The first kappa shape index (κ1) is 13.3. The summed E-state index contributed by atoms with van der Waals surface area (Å²) in [5.41, 5.74) is 0.153. The number of aromatic hydroxyl groups is 1. The largest absolute Gasteiger partial charge is 0.505 e. The lowest BCUT2D eigenvalue weighted by molar-refractivity contribution is -0.158. The van der Waals surface area contributed by atoms with Crippen LogP contribution in [0.1, 0.15) is 10.4 Å². The van der Waals surface area contributed by atoms with Crippen LogP contribution in [0.5, 0.6) is 5.75 Å². The molecule has 0 spiro atoms. The number of amides is 1. The summed E-state index contributed by atoms with van der Waals surface area (Å²) in [6, 6.07) is 1.43. The van der Waals surface area contributed by atoms with Crippen molar-refractivity contribution >= 4 is 11.9 Å². The average Bonchev–Trinajstić information content (AvgIpc) is 2.46. The van der Waals surface area contributed by atoms with Gasteiger partial charge >= 0.3 is 5.97 Å². The van der Waals surface area contributed by atoms with Gasteiger partial charge in [-0.3, -0.25) is 9.78 Å². The first-order chi connectivity index (χ1) is 9.13. The standard InChI is InChI=1S/C12H14N2O5/c1-18-12(17)10-7-14(4-5-19-10)11(16)8-2-3-13-6-9(8)15/h2-3,6,10,15H,4-5,7H2,1H3. The van der Waals surface area contributed by atoms with Crippen LogP contribution in [0.4, 0.5) is 0 Å². The van der Waals surface area contributed by atoms with E-state index in [-0.39, 0.29) is 30.4 Å². The van der Waals surface area contributed by atoms with Crippen molar-refractivity contribution in [3.63, 3.8) is 0 Å². The van der Waals surface area contributed by atoms with E-state index in [4.69, 9.17) is 4.74 Å². The van der Waals surface area contributed by atoms with Crippen LogP contribution in [0.15, 0.2) is 18.5 Å². The van der Waals surface area contributed by atoms with Crippen LogP contribution in [0.2, 0.25) is 0 Å². The molecule has 102 valence electrons. The zero-order valence-corrected chi connectivity index (χ0v) is 10.4. The van der Waals surface area contributed by atoms with E-state index in [0.29, 0.717) is 6.54 Å². The summed E-state index contributed by atoms with van der Waals surface area (Å²) in [5.74, 6) is -1.07. The van der Waals surface area contributed by atoms with Gasteiger partial charge in [0.25, 0.3) is 5.91 Å². The van der Waals surface area contributed by atoms with Gasteiger partial charge in [0.15, 0.2) is 6.10 Å². The Labute approximate surface area is 109 Å². The Balaban J connectivity index is 2.11. The van der Waals surface area contributed by atoms with Gasteiger partial charge in [0.05, 0.1) is 32.0 Å². The summed E-state index contributed by atoms with van der Waals surface area (Å²) >= 11 is 0. The zero-order chi connectivity index (χ0) is 13.8. The maximum atomic E-state index is 12.2. The minimum absolute atomic E-state index is 0.104. The van der Waals surface area contributed by atoms with Gasteiger partial charge in [-0.25, -0.2) is 4.79 Å². The van der Waals surface area contributed by atoms with E-state index in [9.17, 15) is 14.7 Å². The van der Waals surface area contributed by atoms with Crippen molar-refractivity contribution in [2.24, 2.45) is 0 Å². The monoisotopic (exact) mass is 266 g/mol. The molecule has 0 saturated carbocycles. The molecule has 1 aromatic rings. The molecule has 1 unspecified atom stereocenters. The third kappa shape index (κ3) is 2.82. The molecular weight excluding hydrogens is 252 g/mol. The molecule has 1 atom stereocenters. The summed E-state index contributed by atoms with van der Waals surface area (Å²) in [6.45, 7) is 0.707. The van der Waals surface area contributed by atoms with Crippen LogP contribution in [0.25, 0.3) is 0 Å². The Morgan fingerprint density at radius 2 is 2.37 bits per heavy atom. The number of pyridine rings is 1. The molecule has 1 aliphatic rings. The minimum atomic E-state index is -0.785. The number of nitrogens with zero attached hydrogens (tertiary/aromatic N) is 2. The SMILES string of the molecule is COC(=O)C1CN(C(=O)c2ccncc2O)CCO1. The second-order valence-electron chi connectivity index (χ2n) is 4.03. The van der Waals surface area contributed by atoms with Crippen LogP contribution in [0, 0.1) is 0 Å². The number of aromatic nitrogens is 1. The van der Waals surface area contributed by atoms with Crippen molar-refractivity contribution in [1.82, 2.24) is 9.88 Å². The maximum absolute atomic E-state index is 12.2. The Morgan fingerprint density at radius 3 is 3.05 bits per heavy atom. The number of carbonyl (C=O) groups is 2. The van der Waals surface area contributed by atoms with E-state index in [1.807, 2.05) is 0 Å². The molecule has 0 bridgehead atoms. The fraction of sp³-hybridized carbons (Fsp3) is 0.417. The van der Waals surface area contributed by atoms with Gasteiger partial charge in [0, 0.05) is 12.7 Å². The summed E-state index contributed by atoms with van der Waals surface area (Å²) in [7, 11) is 1.27. The topological polar surface area (TPSA) is 89.0 Å². The normalized spacial score (nSPS) is 19.0. The minimum Gasteiger partial charge on any atom is -0.505 e. The third-order valence-electron chi connectivity index (χ3n) is 2.85. The highest BCUT2D eigenvalue weighted by Crippen LogP contribution is 2.18. The number of hydrogen-bond acceptors (Lipinski definition) is 6. The van der Waals surface area contributed by atoms with Crippen LogP contribution < -0.4 is 0 Å². The van der Waals surface area contributed by atoms with E-state index in [0.717, 1.165) is 0 Å². The maximum Gasteiger partial charge on any atom is 0.336 e. The Morgan fingerprint density at radius 1 is 1.58 bits per heavy atom. The summed E-state index contributed by atoms with van der Waals surface area (Å²) in [5, 5.41) is 9.60. The molecule has 1 aliphatic heterocycles. The van der Waals surface area contributed by atoms with Crippen molar-refractivity contribution in [2.75, 3.05) is 26.8 Å². The van der Waals surface area contributed by atoms with Crippen LogP contribution in [0.3, 0.4) is 0 Å². The molecule has 1 amide bonds. The molecule has 19 heavy (non-hydrogen) atoms. The Kier molecular flexibility index (Phi) is 3.96. The van der Waals surface area contributed by atoms with Crippen molar-refractivity contribution in [2.45, 2.75) is 6.10 Å². The van der Waals surface area contributed by atoms with Gasteiger partial charge < -0.3 is 19.5 Å². The smallest absolute Gasteiger partial charge is 0.336 e. The van der Waals surface area contributed by atoms with E-state index < -0.39 is 12.1 Å². The van der Waals surface area contributed by atoms with Crippen LogP contribution in [-0.2, 0) is 14.3 Å². The highest BCUT2D eigenvalue weighted by Gasteiger charge is 2.31. The first-order valence-electron chi connectivity index (χ1n) is 5.75. The molecule has 1 saturated heterocycles. The van der Waals surface area contributed by atoms with Gasteiger partial charge in [-0.1, -0.05) is 0 Å². The number of rotatable bonds is 2. The number of ether oxygens (including phenoxy) is 2. The van der Waals surface area contributed by atoms with Gasteiger partial charge in [0.2, 0.25) is 0 Å². The number of carbonyl (C=O) groups excluding carboxylic acids is 2. The fourth-order valence-corrected chi connectivity index (χ4v) is 1.85. The zero-order valence-electron chi connectivity index (χ0n) is 10.4. The lowest BCUT2D eigenvalue weighted by Gasteiger charge is -2.31. The van der Waals surface area contributed by atoms with Gasteiger partial charge in [0.1, 0.15) is 5.75 Å². The molecule has 2 heterocycles. The molecule has 1 fully saturated rings. The second kappa shape index (κ2) is 5.66. The predicted octanol–water partition coefficient (Wildman–Crippen LogP) is -0.199. The Hall–Kier alpha value is -2.15. The van der Waals surface area contributed by atoms with Gasteiger partial charge in [-0.05, 0) is 6.07 Å². The molecule has 0 aliphatic carbocycles. The van der Waals surface area contributed by atoms with E-state index in [2.05, 4.69) is 9.72 Å². The van der Waals surface area contributed by atoms with E-state index in [1.165, 1.54) is 30.5 Å². The van der Waals surface area contributed by atoms with Crippen molar-refractivity contribution in [3.8, 4) is 5.75 Å². The van der Waals surface area contributed by atoms with Crippen molar-refractivity contribution in [3.05, 3.63) is 24.0 Å². The van der Waals surface area contributed by atoms with E-state index in [1.54, 1.807) is 0 Å². The van der Waals surface area contributed by atoms with Crippen molar-refractivity contribution in [1.29, 1.82) is 0 Å².